The van der Waals surface area contributed by atoms with E-state index in [1.807, 2.05) is 6.26 Å². The Morgan fingerprint density at radius 3 is 2.88 bits per heavy atom. The van der Waals surface area contributed by atoms with Gasteiger partial charge in [0.1, 0.15) is 5.82 Å². The maximum atomic E-state index is 10.8. The van der Waals surface area contributed by atoms with E-state index in [-0.39, 0.29) is 11.5 Å². The number of nitro groups is 1. The van der Waals surface area contributed by atoms with Crippen molar-refractivity contribution >= 4 is 29.1 Å². The van der Waals surface area contributed by atoms with Crippen molar-refractivity contribution < 1.29 is 4.92 Å². The van der Waals surface area contributed by atoms with Crippen LogP contribution in [0.5, 0.6) is 0 Å². The molecule has 0 aliphatic rings. The minimum atomic E-state index is -0.447. The Labute approximate surface area is 98.0 Å². The molecule has 0 unspecified atom stereocenters. The standard InChI is InChI=1S/C9H14N4O2S/c1-12(5-6-16-2)9-7(13(14)15)3-4-8(10)11-9/h3-4H,5-6H2,1-2H3,(H2,10,11). The van der Waals surface area contributed by atoms with E-state index in [1.54, 1.807) is 23.7 Å². The van der Waals surface area contributed by atoms with Crippen LogP contribution >= 0.6 is 11.8 Å². The van der Waals surface area contributed by atoms with Gasteiger partial charge < -0.3 is 10.6 Å². The molecule has 7 heteroatoms. The summed E-state index contributed by atoms with van der Waals surface area (Å²) in [4.78, 5) is 16.1. The maximum absolute atomic E-state index is 10.8. The Morgan fingerprint density at radius 1 is 1.62 bits per heavy atom. The first-order valence-electron chi connectivity index (χ1n) is 4.67. The van der Waals surface area contributed by atoms with Gasteiger partial charge in [-0.3, -0.25) is 10.1 Å². The van der Waals surface area contributed by atoms with Crippen molar-refractivity contribution in [2.75, 3.05) is 36.2 Å². The zero-order valence-corrected chi connectivity index (χ0v) is 10.0. The first-order chi connectivity index (χ1) is 7.56. The highest BCUT2D eigenvalue weighted by atomic mass is 32.2. The molecule has 0 bridgehead atoms. The zero-order valence-electron chi connectivity index (χ0n) is 9.21. The monoisotopic (exact) mass is 242 g/mol. The van der Waals surface area contributed by atoms with Crippen LogP contribution in [-0.4, -0.2) is 35.5 Å². The number of pyridine rings is 1. The van der Waals surface area contributed by atoms with Gasteiger partial charge in [-0.2, -0.15) is 11.8 Å². The van der Waals surface area contributed by atoms with E-state index in [2.05, 4.69) is 4.98 Å². The van der Waals surface area contributed by atoms with Crippen molar-refractivity contribution in [3.05, 3.63) is 22.2 Å². The van der Waals surface area contributed by atoms with Gasteiger partial charge in [0.2, 0.25) is 5.82 Å². The highest BCUT2D eigenvalue weighted by Gasteiger charge is 2.18. The molecule has 1 aromatic rings. The minimum Gasteiger partial charge on any atom is -0.384 e. The Hall–Kier alpha value is -1.50. The number of aromatic nitrogens is 1. The molecule has 16 heavy (non-hydrogen) atoms. The summed E-state index contributed by atoms with van der Waals surface area (Å²) < 4.78 is 0. The molecule has 0 aromatic carbocycles. The SMILES string of the molecule is CSCCN(C)c1nc(N)ccc1[N+](=O)[O-]. The van der Waals surface area contributed by atoms with E-state index >= 15 is 0 Å². The van der Waals surface area contributed by atoms with Crippen LogP contribution in [0.3, 0.4) is 0 Å². The van der Waals surface area contributed by atoms with Crippen LogP contribution in [0.2, 0.25) is 0 Å². The summed E-state index contributed by atoms with van der Waals surface area (Å²) in [6.45, 7) is 0.693. The van der Waals surface area contributed by atoms with E-state index in [4.69, 9.17) is 5.73 Å². The number of nitrogen functional groups attached to an aromatic ring is 1. The van der Waals surface area contributed by atoms with Crippen LogP contribution in [-0.2, 0) is 0 Å². The third kappa shape index (κ3) is 2.99. The predicted octanol–water partition coefficient (Wildman–Crippen LogP) is 1.37. The number of rotatable bonds is 5. The van der Waals surface area contributed by atoms with Gasteiger partial charge in [0.15, 0.2) is 0 Å². The van der Waals surface area contributed by atoms with Crippen molar-refractivity contribution in [1.82, 2.24) is 4.98 Å². The molecule has 1 heterocycles. The van der Waals surface area contributed by atoms with Gasteiger partial charge >= 0.3 is 5.69 Å². The van der Waals surface area contributed by atoms with Crippen molar-refractivity contribution in [2.45, 2.75) is 0 Å². The van der Waals surface area contributed by atoms with Gasteiger partial charge in [-0.25, -0.2) is 4.98 Å². The van der Waals surface area contributed by atoms with Crippen LogP contribution in [0.1, 0.15) is 0 Å². The predicted molar refractivity (Wildman–Crippen MR) is 67.0 cm³/mol. The Balaban J connectivity index is 2.99. The number of hydrogen-bond donors (Lipinski definition) is 1. The van der Waals surface area contributed by atoms with Crippen molar-refractivity contribution in [1.29, 1.82) is 0 Å². The molecule has 6 nitrogen and oxygen atoms in total. The van der Waals surface area contributed by atoms with Crippen molar-refractivity contribution in [3.8, 4) is 0 Å². The molecule has 0 spiro atoms. The number of thioether (sulfide) groups is 1. The fourth-order valence-corrected chi connectivity index (χ4v) is 1.67. The van der Waals surface area contributed by atoms with Crippen LogP contribution < -0.4 is 10.6 Å². The fraction of sp³-hybridized carbons (Fsp3) is 0.444. The first-order valence-corrected chi connectivity index (χ1v) is 6.06. The molecule has 0 aliphatic carbocycles. The lowest BCUT2D eigenvalue weighted by Gasteiger charge is -2.17. The molecule has 0 saturated carbocycles. The Bertz CT molecular complexity index is 386. The fourth-order valence-electron chi connectivity index (χ4n) is 1.21. The van der Waals surface area contributed by atoms with Gasteiger partial charge in [0, 0.05) is 25.4 Å². The number of hydrogen-bond acceptors (Lipinski definition) is 6. The first kappa shape index (κ1) is 12.6. The lowest BCUT2D eigenvalue weighted by molar-refractivity contribution is -0.384. The van der Waals surface area contributed by atoms with E-state index in [9.17, 15) is 10.1 Å². The van der Waals surface area contributed by atoms with Gasteiger partial charge in [0.25, 0.3) is 0 Å². The zero-order chi connectivity index (χ0) is 12.1. The molecule has 88 valence electrons. The normalized spacial score (nSPS) is 10.1. The van der Waals surface area contributed by atoms with Gasteiger partial charge in [-0.05, 0) is 12.3 Å². The number of nitrogens with zero attached hydrogens (tertiary/aromatic N) is 3. The Morgan fingerprint density at radius 2 is 2.31 bits per heavy atom. The molecule has 1 rings (SSSR count). The third-order valence-corrected chi connectivity index (χ3v) is 2.66. The number of anilines is 2. The van der Waals surface area contributed by atoms with Gasteiger partial charge in [0.05, 0.1) is 4.92 Å². The van der Waals surface area contributed by atoms with E-state index < -0.39 is 4.92 Å². The summed E-state index contributed by atoms with van der Waals surface area (Å²) in [5.74, 6) is 1.49. The highest BCUT2D eigenvalue weighted by Crippen LogP contribution is 2.25. The van der Waals surface area contributed by atoms with E-state index in [0.717, 1.165) is 5.75 Å². The summed E-state index contributed by atoms with van der Waals surface area (Å²) >= 11 is 1.67. The summed E-state index contributed by atoms with van der Waals surface area (Å²) in [6.07, 6.45) is 1.98. The van der Waals surface area contributed by atoms with Crippen LogP contribution in [0.15, 0.2) is 12.1 Å². The molecule has 1 aromatic heterocycles. The topological polar surface area (TPSA) is 85.3 Å². The Kier molecular flexibility index (Phi) is 4.36. The molecule has 0 radical (unpaired) electrons. The average Bonchev–Trinajstić information content (AvgIpc) is 2.25. The second-order valence-corrected chi connectivity index (χ2v) is 4.24. The lowest BCUT2D eigenvalue weighted by Crippen LogP contribution is -2.22. The summed E-state index contributed by atoms with van der Waals surface area (Å²) in [5, 5.41) is 10.8. The quantitative estimate of drug-likeness (QED) is 0.620. The molecule has 0 fully saturated rings. The summed E-state index contributed by atoms with van der Waals surface area (Å²) in [6, 6.07) is 2.82. The molecular formula is C9H14N4O2S. The smallest absolute Gasteiger partial charge is 0.311 e. The molecule has 0 atom stereocenters. The average molecular weight is 242 g/mol. The van der Waals surface area contributed by atoms with Crippen LogP contribution in [0.25, 0.3) is 0 Å². The third-order valence-electron chi connectivity index (χ3n) is 2.07. The lowest BCUT2D eigenvalue weighted by atomic mass is 10.3. The summed E-state index contributed by atoms with van der Waals surface area (Å²) in [5.41, 5.74) is 5.51. The molecule has 2 N–H and O–H groups in total. The second kappa shape index (κ2) is 5.55. The largest absolute Gasteiger partial charge is 0.384 e. The minimum absolute atomic E-state index is 0.0159. The highest BCUT2D eigenvalue weighted by molar-refractivity contribution is 7.98. The summed E-state index contributed by atoms with van der Waals surface area (Å²) in [7, 11) is 1.77. The van der Waals surface area contributed by atoms with E-state index in [1.165, 1.54) is 12.1 Å². The van der Waals surface area contributed by atoms with Gasteiger partial charge in [-0.1, -0.05) is 0 Å². The second-order valence-electron chi connectivity index (χ2n) is 3.25. The van der Waals surface area contributed by atoms with Gasteiger partial charge in [-0.15, -0.1) is 0 Å². The molecular weight excluding hydrogens is 228 g/mol. The van der Waals surface area contributed by atoms with Crippen LogP contribution in [0, 0.1) is 10.1 Å². The number of nitrogens with two attached hydrogens (primary N) is 1. The van der Waals surface area contributed by atoms with Crippen molar-refractivity contribution in [2.24, 2.45) is 0 Å². The molecule has 0 saturated heterocycles. The van der Waals surface area contributed by atoms with Crippen LogP contribution in [0.4, 0.5) is 17.3 Å². The van der Waals surface area contributed by atoms with Crippen molar-refractivity contribution in [3.63, 3.8) is 0 Å². The molecule has 0 amide bonds. The maximum Gasteiger partial charge on any atom is 0.311 e. The van der Waals surface area contributed by atoms with E-state index in [0.29, 0.717) is 12.4 Å². The molecule has 0 aliphatic heterocycles.